The number of urea groups is 1. The third-order valence-corrected chi connectivity index (χ3v) is 5.12. The molecular weight excluding hydrogens is 218 g/mol. The molecule has 0 saturated carbocycles. The van der Waals surface area contributed by atoms with Crippen LogP contribution >= 0.6 is 23.5 Å². The topological polar surface area (TPSA) is 67.5 Å². The van der Waals surface area contributed by atoms with E-state index < -0.39 is 6.03 Å². The molecule has 1 heterocycles. The lowest BCUT2D eigenvalue weighted by Crippen LogP contribution is -2.26. The summed E-state index contributed by atoms with van der Waals surface area (Å²) in [5.41, 5.74) is 8.07. The van der Waals surface area contributed by atoms with Crippen molar-refractivity contribution < 1.29 is 4.79 Å². The number of thioether (sulfide) groups is 2. The minimum atomic E-state index is -0.610. The Bertz CT molecular complexity index is 249. The van der Waals surface area contributed by atoms with Gasteiger partial charge in [-0.15, -0.1) is 23.5 Å². The smallest absolute Gasteiger partial charge is 0.332 e. The van der Waals surface area contributed by atoms with Crippen molar-refractivity contribution in [2.45, 2.75) is 24.3 Å². The summed E-state index contributed by atoms with van der Waals surface area (Å²) in [5.74, 6) is 2.38. The minimum Gasteiger partial charge on any atom is -0.350 e. The zero-order chi connectivity index (χ0) is 10.6. The zero-order valence-corrected chi connectivity index (χ0v) is 10.0. The Labute approximate surface area is 92.5 Å². The Morgan fingerprint density at radius 1 is 1.57 bits per heavy atom. The average Bonchev–Trinajstić information content (AvgIpc) is 2.48. The number of hydrogen-bond donors (Lipinski definition) is 2. The highest BCUT2D eigenvalue weighted by molar-refractivity contribution is 8.21. The summed E-state index contributed by atoms with van der Waals surface area (Å²) >= 11 is 3.89. The molecule has 0 radical (unpaired) electrons. The van der Waals surface area contributed by atoms with Crippen molar-refractivity contribution in [3.8, 4) is 0 Å². The van der Waals surface area contributed by atoms with Crippen LogP contribution < -0.4 is 11.2 Å². The number of amides is 2. The Hall–Kier alpha value is -0.360. The predicted octanol–water partition coefficient (Wildman–Crippen LogP) is 1.62. The third-order valence-electron chi connectivity index (χ3n) is 1.83. The van der Waals surface area contributed by atoms with E-state index in [9.17, 15) is 4.79 Å². The van der Waals surface area contributed by atoms with E-state index in [1.54, 1.807) is 0 Å². The highest BCUT2D eigenvalue weighted by Crippen LogP contribution is 2.45. The number of primary amides is 1. The van der Waals surface area contributed by atoms with Crippen LogP contribution in [-0.2, 0) is 0 Å². The van der Waals surface area contributed by atoms with Gasteiger partial charge in [0, 0.05) is 23.6 Å². The maximum atomic E-state index is 10.4. The molecule has 14 heavy (non-hydrogen) atoms. The number of carbonyl (C=O) groups excluding carboxylic acids is 1. The van der Waals surface area contributed by atoms with Crippen LogP contribution in [0.15, 0.2) is 5.10 Å². The molecule has 1 fully saturated rings. The minimum absolute atomic E-state index is 0.215. The van der Waals surface area contributed by atoms with Crippen molar-refractivity contribution in [3.63, 3.8) is 0 Å². The molecule has 1 aliphatic rings. The monoisotopic (exact) mass is 233 g/mol. The van der Waals surface area contributed by atoms with Gasteiger partial charge in [0.1, 0.15) is 0 Å². The van der Waals surface area contributed by atoms with Crippen LogP contribution in [0, 0.1) is 0 Å². The third kappa shape index (κ3) is 3.79. The molecule has 3 N–H and O–H groups in total. The van der Waals surface area contributed by atoms with Crippen LogP contribution in [0.1, 0.15) is 20.3 Å². The molecule has 2 amide bonds. The van der Waals surface area contributed by atoms with Crippen molar-refractivity contribution in [1.29, 1.82) is 0 Å². The summed E-state index contributed by atoms with van der Waals surface area (Å²) in [6.07, 6.45) is 0.878. The fourth-order valence-corrected chi connectivity index (χ4v) is 4.30. The van der Waals surface area contributed by atoms with Gasteiger partial charge >= 0.3 is 6.03 Å². The molecule has 0 aromatic rings. The van der Waals surface area contributed by atoms with Crippen molar-refractivity contribution in [3.05, 3.63) is 0 Å². The summed E-state index contributed by atoms with van der Waals surface area (Å²) in [6, 6.07) is -0.610. The highest BCUT2D eigenvalue weighted by atomic mass is 32.2. The first kappa shape index (κ1) is 11.7. The first-order valence-corrected chi connectivity index (χ1v) is 6.35. The Morgan fingerprint density at radius 2 is 2.14 bits per heavy atom. The second-order valence-corrected chi connectivity index (χ2v) is 6.79. The molecule has 0 atom stereocenters. The van der Waals surface area contributed by atoms with Crippen molar-refractivity contribution in [1.82, 2.24) is 5.43 Å². The molecule has 0 aromatic carbocycles. The van der Waals surface area contributed by atoms with Crippen LogP contribution in [0.2, 0.25) is 0 Å². The van der Waals surface area contributed by atoms with Crippen LogP contribution in [0.3, 0.4) is 0 Å². The molecule has 0 bridgehead atoms. The Morgan fingerprint density at radius 3 is 2.64 bits per heavy atom. The van der Waals surface area contributed by atoms with Gasteiger partial charge in [-0.2, -0.15) is 5.10 Å². The second-order valence-electron chi connectivity index (χ2n) is 3.33. The molecular formula is C8H15N3OS2. The van der Waals surface area contributed by atoms with Gasteiger partial charge in [0.2, 0.25) is 0 Å². The molecule has 0 aromatic heterocycles. The number of nitrogens with one attached hydrogen (secondary N) is 1. The largest absolute Gasteiger partial charge is 0.350 e. The molecule has 1 saturated heterocycles. The average molecular weight is 233 g/mol. The second kappa shape index (κ2) is 4.93. The summed E-state index contributed by atoms with van der Waals surface area (Å²) in [6.45, 7) is 4.11. The first-order chi connectivity index (χ1) is 6.52. The SMILES string of the molecule is C/C(CC1(C)SCCS1)=N\NC(N)=O. The molecule has 0 unspecified atom stereocenters. The number of rotatable bonds is 3. The Balaban J connectivity index is 2.42. The van der Waals surface area contributed by atoms with Gasteiger partial charge < -0.3 is 5.73 Å². The highest BCUT2D eigenvalue weighted by Gasteiger charge is 2.30. The molecule has 0 aliphatic carbocycles. The fourth-order valence-electron chi connectivity index (χ4n) is 1.31. The van der Waals surface area contributed by atoms with E-state index in [1.165, 1.54) is 11.5 Å². The van der Waals surface area contributed by atoms with Gasteiger partial charge in [0.05, 0.1) is 4.08 Å². The first-order valence-electron chi connectivity index (χ1n) is 4.38. The number of nitrogens with two attached hydrogens (primary N) is 1. The van der Waals surface area contributed by atoms with Gasteiger partial charge in [0.15, 0.2) is 0 Å². The molecule has 6 heteroatoms. The number of carbonyl (C=O) groups is 1. The van der Waals surface area contributed by atoms with Crippen LogP contribution in [-0.4, -0.2) is 27.3 Å². The van der Waals surface area contributed by atoms with Crippen LogP contribution in [0.25, 0.3) is 0 Å². The predicted molar refractivity (Wildman–Crippen MR) is 63.8 cm³/mol. The van der Waals surface area contributed by atoms with E-state index in [2.05, 4.69) is 17.5 Å². The number of nitrogens with zero attached hydrogens (tertiary/aromatic N) is 1. The molecule has 1 aliphatic heterocycles. The van der Waals surface area contributed by atoms with Crippen LogP contribution in [0.5, 0.6) is 0 Å². The summed E-state index contributed by atoms with van der Waals surface area (Å²) < 4.78 is 0.215. The van der Waals surface area contributed by atoms with E-state index in [4.69, 9.17) is 5.73 Å². The standard InChI is InChI=1S/C8H15N3OS2/c1-6(10-11-7(9)12)5-8(2)13-3-4-14-8/h3-5H2,1-2H3,(H3,9,11,12)/b10-6+. The van der Waals surface area contributed by atoms with Gasteiger partial charge in [-0.05, 0) is 13.8 Å². The quantitative estimate of drug-likeness (QED) is 0.575. The molecule has 4 nitrogen and oxygen atoms in total. The summed E-state index contributed by atoms with van der Waals surface area (Å²) in [5, 5.41) is 3.90. The van der Waals surface area contributed by atoms with E-state index in [1.807, 2.05) is 30.4 Å². The van der Waals surface area contributed by atoms with Gasteiger partial charge in [-0.25, -0.2) is 10.2 Å². The van der Waals surface area contributed by atoms with E-state index in [-0.39, 0.29) is 4.08 Å². The van der Waals surface area contributed by atoms with Crippen molar-refractivity contribution in [2.75, 3.05) is 11.5 Å². The maximum Gasteiger partial charge on any atom is 0.332 e. The molecule has 1 rings (SSSR count). The lowest BCUT2D eigenvalue weighted by atomic mass is 10.2. The van der Waals surface area contributed by atoms with E-state index in [0.29, 0.717) is 0 Å². The van der Waals surface area contributed by atoms with Gasteiger partial charge in [-0.1, -0.05) is 0 Å². The lowest BCUT2D eigenvalue weighted by molar-refractivity contribution is 0.249. The lowest BCUT2D eigenvalue weighted by Gasteiger charge is -2.20. The Kier molecular flexibility index (Phi) is 4.12. The van der Waals surface area contributed by atoms with E-state index >= 15 is 0 Å². The molecule has 80 valence electrons. The fraction of sp³-hybridized carbons (Fsp3) is 0.750. The molecule has 0 spiro atoms. The summed E-state index contributed by atoms with van der Waals surface area (Å²) in [7, 11) is 0. The van der Waals surface area contributed by atoms with Crippen molar-refractivity contribution in [2.24, 2.45) is 10.8 Å². The number of hydrogen-bond acceptors (Lipinski definition) is 4. The normalized spacial score (nSPS) is 20.9. The van der Waals surface area contributed by atoms with Crippen LogP contribution in [0.4, 0.5) is 4.79 Å². The number of hydrazone groups is 1. The van der Waals surface area contributed by atoms with Crippen molar-refractivity contribution >= 4 is 35.3 Å². The zero-order valence-electron chi connectivity index (χ0n) is 8.37. The van der Waals surface area contributed by atoms with E-state index in [0.717, 1.165) is 12.1 Å². The maximum absolute atomic E-state index is 10.4. The van der Waals surface area contributed by atoms with Gasteiger partial charge in [-0.3, -0.25) is 0 Å². The summed E-state index contributed by atoms with van der Waals surface area (Å²) in [4.78, 5) is 10.4. The van der Waals surface area contributed by atoms with Gasteiger partial charge in [0.25, 0.3) is 0 Å².